The molecule has 1 aromatic heterocycles. The quantitative estimate of drug-likeness (QED) is 0.687. The molecule has 2 aromatic rings. The van der Waals surface area contributed by atoms with E-state index in [1.54, 1.807) is 11.3 Å². The van der Waals surface area contributed by atoms with Crippen molar-refractivity contribution in [2.45, 2.75) is 32.7 Å². The van der Waals surface area contributed by atoms with Crippen molar-refractivity contribution in [2.24, 2.45) is 0 Å². The van der Waals surface area contributed by atoms with Crippen LogP contribution in [-0.4, -0.2) is 37.2 Å². The van der Waals surface area contributed by atoms with Crippen molar-refractivity contribution in [3.63, 3.8) is 0 Å². The molecular formula is C20H30N3S2+. The first kappa shape index (κ1) is 19.9. The second kappa shape index (κ2) is 9.90. The number of anilines is 1. The Balaban J connectivity index is 2.00. The smallest absolute Gasteiger partial charge is 0.173 e. The molecule has 0 aliphatic carbocycles. The summed E-state index contributed by atoms with van der Waals surface area (Å²) in [7, 11) is 4.38. The van der Waals surface area contributed by atoms with Crippen LogP contribution in [0.25, 0.3) is 0 Å². The molecule has 0 aliphatic heterocycles. The zero-order valence-electron chi connectivity index (χ0n) is 15.7. The van der Waals surface area contributed by atoms with Crippen LogP contribution in [0.1, 0.15) is 36.6 Å². The minimum atomic E-state index is 0.546. The number of hydrogen-bond acceptors (Lipinski definition) is 2. The fourth-order valence-corrected chi connectivity index (χ4v) is 3.61. The average Bonchev–Trinajstić information content (AvgIpc) is 3.07. The molecule has 2 N–H and O–H groups in total. The highest BCUT2D eigenvalue weighted by molar-refractivity contribution is 7.80. The highest BCUT2D eigenvalue weighted by Gasteiger charge is 2.12. The topological polar surface area (TPSA) is 19.7 Å². The minimum Gasteiger partial charge on any atom is -0.344 e. The van der Waals surface area contributed by atoms with E-state index in [1.807, 2.05) is 0 Å². The number of hydrogen-bond donors (Lipinski definition) is 2. The molecular weight excluding hydrogens is 346 g/mol. The number of nitrogens with one attached hydrogen (secondary N) is 2. The molecule has 0 aliphatic rings. The summed E-state index contributed by atoms with van der Waals surface area (Å²) in [5.74, 6) is 0.546. The summed E-state index contributed by atoms with van der Waals surface area (Å²) >= 11 is 7.49. The number of thiophene rings is 1. The maximum Gasteiger partial charge on any atom is 0.173 e. The predicted molar refractivity (Wildman–Crippen MR) is 114 cm³/mol. The number of quaternary nitrogens is 1. The SMILES string of the molecule is CC(C)c1ccc(NC(=S)N(CCC[NH+](C)C)Cc2cccs2)cc1. The lowest BCUT2D eigenvalue weighted by Gasteiger charge is -2.26. The summed E-state index contributed by atoms with van der Waals surface area (Å²) in [5, 5.41) is 6.34. The fraction of sp³-hybridized carbons (Fsp3) is 0.450. The van der Waals surface area contributed by atoms with Crippen LogP contribution in [0.15, 0.2) is 41.8 Å². The molecule has 0 saturated heterocycles. The monoisotopic (exact) mass is 376 g/mol. The normalized spacial score (nSPS) is 11.1. The van der Waals surface area contributed by atoms with Crippen molar-refractivity contribution < 1.29 is 4.90 Å². The van der Waals surface area contributed by atoms with E-state index >= 15 is 0 Å². The zero-order chi connectivity index (χ0) is 18.2. The summed E-state index contributed by atoms with van der Waals surface area (Å²) in [5.41, 5.74) is 2.41. The van der Waals surface area contributed by atoms with Gasteiger partial charge in [-0.15, -0.1) is 11.3 Å². The van der Waals surface area contributed by atoms with Gasteiger partial charge in [-0.25, -0.2) is 0 Å². The first-order valence-electron chi connectivity index (χ1n) is 8.93. The van der Waals surface area contributed by atoms with Gasteiger partial charge in [0.1, 0.15) is 0 Å². The van der Waals surface area contributed by atoms with E-state index in [2.05, 4.69) is 79.9 Å². The Morgan fingerprint density at radius 1 is 1.20 bits per heavy atom. The molecule has 0 radical (unpaired) electrons. The Bertz CT molecular complexity index is 633. The summed E-state index contributed by atoms with van der Waals surface area (Å²) in [6.07, 6.45) is 1.13. The Labute approximate surface area is 161 Å². The highest BCUT2D eigenvalue weighted by Crippen LogP contribution is 2.18. The number of benzene rings is 1. The first-order valence-corrected chi connectivity index (χ1v) is 10.2. The molecule has 1 aromatic carbocycles. The van der Waals surface area contributed by atoms with Crippen LogP contribution in [0.3, 0.4) is 0 Å². The van der Waals surface area contributed by atoms with Gasteiger partial charge in [0.05, 0.1) is 27.2 Å². The number of thiocarbonyl (C=S) groups is 1. The third-order valence-corrected chi connectivity index (χ3v) is 5.37. The third kappa shape index (κ3) is 6.77. The molecule has 136 valence electrons. The molecule has 1 heterocycles. The van der Waals surface area contributed by atoms with Gasteiger partial charge < -0.3 is 15.1 Å². The molecule has 0 spiro atoms. The number of nitrogens with zero attached hydrogens (tertiary/aromatic N) is 1. The summed E-state index contributed by atoms with van der Waals surface area (Å²) in [4.78, 5) is 5.09. The molecule has 0 atom stereocenters. The lowest BCUT2D eigenvalue weighted by atomic mass is 10.0. The minimum absolute atomic E-state index is 0.546. The highest BCUT2D eigenvalue weighted by atomic mass is 32.1. The van der Waals surface area contributed by atoms with E-state index in [1.165, 1.54) is 15.3 Å². The number of rotatable bonds is 8. The van der Waals surface area contributed by atoms with Crippen molar-refractivity contribution in [1.82, 2.24) is 4.90 Å². The Morgan fingerprint density at radius 2 is 1.92 bits per heavy atom. The van der Waals surface area contributed by atoms with Gasteiger partial charge in [0.15, 0.2) is 5.11 Å². The van der Waals surface area contributed by atoms with Crippen LogP contribution in [0.5, 0.6) is 0 Å². The maximum absolute atomic E-state index is 5.71. The molecule has 0 unspecified atom stereocenters. The first-order chi connectivity index (χ1) is 12.0. The molecule has 2 rings (SSSR count). The maximum atomic E-state index is 5.71. The van der Waals surface area contributed by atoms with Crippen LogP contribution in [0.4, 0.5) is 5.69 Å². The molecule has 0 bridgehead atoms. The van der Waals surface area contributed by atoms with Gasteiger partial charge in [0.2, 0.25) is 0 Å². The Hall–Kier alpha value is -1.43. The fourth-order valence-electron chi connectivity index (χ4n) is 2.62. The van der Waals surface area contributed by atoms with E-state index in [0.717, 1.165) is 36.9 Å². The van der Waals surface area contributed by atoms with Crippen LogP contribution in [-0.2, 0) is 6.54 Å². The molecule has 5 heteroatoms. The largest absolute Gasteiger partial charge is 0.344 e. The lowest BCUT2D eigenvalue weighted by Crippen LogP contribution is -3.05. The Morgan fingerprint density at radius 3 is 2.48 bits per heavy atom. The van der Waals surface area contributed by atoms with Crippen molar-refractivity contribution in [3.8, 4) is 0 Å². The third-order valence-electron chi connectivity index (χ3n) is 4.15. The molecule has 3 nitrogen and oxygen atoms in total. The van der Waals surface area contributed by atoms with E-state index in [4.69, 9.17) is 12.2 Å². The van der Waals surface area contributed by atoms with Crippen molar-refractivity contribution in [1.29, 1.82) is 0 Å². The molecule has 0 fully saturated rings. The van der Waals surface area contributed by atoms with E-state index in [-0.39, 0.29) is 0 Å². The van der Waals surface area contributed by atoms with Gasteiger partial charge in [-0.2, -0.15) is 0 Å². The second-order valence-electron chi connectivity index (χ2n) is 7.02. The average molecular weight is 377 g/mol. The van der Waals surface area contributed by atoms with E-state index < -0.39 is 0 Å². The standard InChI is InChI=1S/C20H29N3S2/c1-16(2)17-8-10-18(11-9-17)21-20(24)23(13-6-12-22(3)4)15-19-7-5-14-25-19/h5,7-11,14,16H,6,12-13,15H2,1-4H3,(H,21,24)/p+1. The van der Waals surface area contributed by atoms with Crippen LogP contribution in [0.2, 0.25) is 0 Å². The summed E-state index contributed by atoms with van der Waals surface area (Å²) < 4.78 is 0. The lowest BCUT2D eigenvalue weighted by molar-refractivity contribution is -0.858. The van der Waals surface area contributed by atoms with Gasteiger partial charge in [-0.05, 0) is 47.3 Å². The van der Waals surface area contributed by atoms with Gasteiger partial charge in [0.25, 0.3) is 0 Å². The molecule has 0 amide bonds. The molecule has 0 saturated carbocycles. The second-order valence-corrected chi connectivity index (χ2v) is 8.44. The predicted octanol–water partition coefficient (Wildman–Crippen LogP) is 3.61. The van der Waals surface area contributed by atoms with E-state index in [9.17, 15) is 0 Å². The summed E-state index contributed by atoms with van der Waals surface area (Å²) in [6.45, 7) is 7.41. The van der Waals surface area contributed by atoms with Gasteiger partial charge >= 0.3 is 0 Å². The van der Waals surface area contributed by atoms with Gasteiger partial charge in [-0.3, -0.25) is 0 Å². The van der Waals surface area contributed by atoms with Crippen LogP contribution >= 0.6 is 23.6 Å². The van der Waals surface area contributed by atoms with Crippen LogP contribution in [0, 0.1) is 0 Å². The summed E-state index contributed by atoms with van der Waals surface area (Å²) in [6, 6.07) is 12.9. The van der Waals surface area contributed by atoms with E-state index in [0.29, 0.717) is 5.92 Å². The zero-order valence-corrected chi connectivity index (χ0v) is 17.3. The Kier molecular flexibility index (Phi) is 7.88. The van der Waals surface area contributed by atoms with Crippen molar-refractivity contribution >= 4 is 34.4 Å². The van der Waals surface area contributed by atoms with Crippen LogP contribution < -0.4 is 10.2 Å². The van der Waals surface area contributed by atoms with Crippen molar-refractivity contribution in [3.05, 3.63) is 52.2 Å². The van der Waals surface area contributed by atoms with Crippen molar-refractivity contribution in [2.75, 3.05) is 32.5 Å². The van der Waals surface area contributed by atoms with Gasteiger partial charge in [0, 0.05) is 23.5 Å². The molecule has 25 heavy (non-hydrogen) atoms. The van der Waals surface area contributed by atoms with Gasteiger partial charge in [-0.1, -0.05) is 32.0 Å².